The van der Waals surface area contributed by atoms with Gasteiger partial charge in [-0.15, -0.1) is 11.3 Å². The number of amides is 2. The second kappa shape index (κ2) is 4.50. The largest absolute Gasteiger partial charge is 0.305 e. The highest BCUT2D eigenvalue weighted by Gasteiger charge is 2.29. The minimum absolute atomic E-state index is 0.203. The quantitative estimate of drug-likeness (QED) is 0.690. The van der Waals surface area contributed by atoms with Crippen molar-refractivity contribution in [3.8, 4) is 0 Å². The lowest BCUT2D eigenvalue weighted by atomic mass is 10.2. The van der Waals surface area contributed by atoms with Crippen molar-refractivity contribution in [2.24, 2.45) is 0 Å². The van der Waals surface area contributed by atoms with Crippen molar-refractivity contribution in [1.82, 2.24) is 15.6 Å². The second-order valence-corrected chi connectivity index (χ2v) is 4.07. The Bertz CT molecular complexity index is 363. The smallest absolute Gasteiger partial charge is 0.244 e. The molecule has 2 rings (SSSR count). The van der Waals surface area contributed by atoms with E-state index in [2.05, 4.69) is 15.6 Å². The molecular formula is C9H11N3O2S. The molecule has 2 N–H and O–H groups in total. The molecule has 0 radical (unpaired) electrons. The molecule has 1 atom stereocenters. The Morgan fingerprint density at radius 2 is 2.47 bits per heavy atom. The minimum Gasteiger partial charge on any atom is -0.305 e. The van der Waals surface area contributed by atoms with Crippen LogP contribution < -0.4 is 10.6 Å². The number of carbonyl (C=O) groups is 2. The number of rotatable bonds is 4. The lowest BCUT2D eigenvalue weighted by Gasteiger charge is -2.07. The number of thiazole rings is 1. The van der Waals surface area contributed by atoms with Gasteiger partial charge in [-0.25, -0.2) is 4.98 Å². The number of imide groups is 1. The van der Waals surface area contributed by atoms with E-state index in [-0.39, 0.29) is 24.3 Å². The number of hydrogen-bond acceptors (Lipinski definition) is 5. The average molecular weight is 225 g/mol. The summed E-state index contributed by atoms with van der Waals surface area (Å²) in [5.74, 6) is -0.426. The van der Waals surface area contributed by atoms with E-state index in [1.165, 1.54) is 0 Å². The molecule has 1 unspecified atom stereocenters. The average Bonchev–Trinajstić information content (AvgIpc) is 2.77. The topological polar surface area (TPSA) is 71.1 Å². The van der Waals surface area contributed by atoms with Gasteiger partial charge in [0.25, 0.3) is 0 Å². The van der Waals surface area contributed by atoms with E-state index < -0.39 is 0 Å². The summed E-state index contributed by atoms with van der Waals surface area (Å²) in [5, 5.41) is 7.26. The maximum Gasteiger partial charge on any atom is 0.244 e. The third-order valence-corrected chi connectivity index (χ3v) is 2.86. The van der Waals surface area contributed by atoms with Gasteiger partial charge in [-0.05, 0) is 0 Å². The van der Waals surface area contributed by atoms with Crippen molar-refractivity contribution in [2.75, 3.05) is 6.54 Å². The zero-order valence-corrected chi connectivity index (χ0v) is 8.84. The lowest BCUT2D eigenvalue weighted by Crippen LogP contribution is -2.37. The van der Waals surface area contributed by atoms with Gasteiger partial charge < -0.3 is 5.32 Å². The van der Waals surface area contributed by atoms with E-state index in [1.54, 1.807) is 16.8 Å². The Balaban J connectivity index is 1.74. The predicted molar refractivity (Wildman–Crippen MR) is 55.4 cm³/mol. The SMILES string of the molecule is O=C1CC(NCCc2cscn2)C(=O)N1. The first-order valence-corrected chi connectivity index (χ1v) is 5.64. The highest BCUT2D eigenvalue weighted by molar-refractivity contribution is 7.07. The van der Waals surface area contributed by atoms with Crippen LogP contribution >= 0.6 is 11.3 Å². The summed E-state index contributed by atoms with van der Waals surface area (Å²) in [6.07, 6.45) is 1.03. The van der Waals surface area contributed by atoms with E-state index in [9.17, 15) is 9.59 Å². The number of nitrogens with zero attached hydrogens (tertiary/aromatic N) is 1. The van der Waals surface area contributed by atoms with Crippen LogP contribution in [0.5, 0.6) is 0 Å². The monoisotopic (exact) mass is 225 g/mol. The van der Waals surface area contributed by atoms with E-state index >= 15 is 0 Å². The zero-order chi connectivity index (χ0) is 10.7. The molecule has 2 amide bonds. The molecule has 6 heteroatoms. The van der Waals surface area contributed by atoms with Crippen LogP contribution in [0.15, 0.2) is 10.9 Å². The number of hydrogen-bond donors (Lipinski definition) is 2. The summed E-state index contributed by atoms with van der Waals surface area (Å²) in [6.45, 7) is 0.662. The maximum absolute atomic E-state index is 11.2. The standard InChI is InChI=1S/C9H11N3O2S/c13-8-3-7(9(14)12-8)10-2-1-6-4-15-5-11-6/h4-5,7,10H,1-3H2,(H,12,13,14). The lowest BCUT2D eigenvalue weighted by molar-refractivity contribution is -0.125. The van der Waals surface area contributed by atoms with Crippen molar-refractivity contribution in [3.05, 3.63) is 16.6 Å². The van der Waals surface area contributed by atoms with Gasteiger partial charge in [0.1, 0.15) is 0 Å². The first-order chi connectivity index (χ1) is 7.25. The fraction of sp³-hybridized carbons (Fsp3) is 0.444. The second-order valence-electron chi connectivity index (χ2n) is 3.35. The van der Waals surface area contributed by atoms with Crippen LogP contribution in [0.3, 0.4) is 0 Å². The van der Waals surface area contributed by atoms with Gasteiger partial charge >= 0.3 is 0 Å². The molecule has 1 saturated heterocycles. The predicted octanol–water partition coefficient (Wildman–Crippen LogP) is -0.310. The van der Waals surface area contributed by atoms with Crippen molar-refractivity contribution in [3.63, 3.8) is 0 Å². The van der Waals surface area contributed by atoms with E-state index in [0.717, 1.165) is 12.1 Å². The van der Waals surface area contributed by atoms with Crippen LogP contribution in [0.25, 0.3) is 0 Å². The molecule has 0 bridgehead atoms. The van der Waals surface area contributed by atoms with Crippen molar-refractivity contribution >= 4 is 23.2 Å². The maximum atomic E-state index is 11.2. The van der Waals surface area contributed by atoms with Crippen LogP contribution in [0.2, 0.25) is 0 Å². The Morgan fingerprint density at radius 1 is 1.60 bits per heavy atom. The van der Waals surface area contributed by atoms with Crippen LogP contribution in [-0.4, -0.2) is 29.4 Å². The van der Waals surface area contributed by atoms with E-state index in [1.807, 2.05) is 5.38 Å². The van der Waals surface area contributed by atoms with E-state index in [4.69, 9.17) is 0 Å². The molecule has 0 aromatic carbocycles. The summed E-state index contributed by atoms with van der Waals surface area (Å²) in [6, 6.07) is -0.365. The molecule has 1 fully saturated rings. The van der Waals surface area contributed by atoms with Crippen molar-refractivity contribution < 1.29 is 9.59 Å². The van der Waals surface area contributed by atoms with Crippen LogP contribution in [0.4, 0.5) is 0 Å². The normalized spacial score (nSPS) is 20.7. The number of carbonyl (C=O) groups excluding carboxylic acids is 2. The molecule has 0 aliphatic carbocycles. The van der Waals surface area contributed by atoms with Crippen molar-refractivity contribution in [2.45, 2.75) is 18.9 Å². The summed E-state index contributed by atoms with van der Waals surface area (Å²) in [5.41, 5.74) is 2.79. The van der Waals surface area contributed by atoms with Crippen LogP contribution in [-0.2, 0) is 16.0 Å². The molecule has 15 heavy (non-hydrogen) atoms. The molecule has 1 aromatic heterocycles. The highest BCUT2D eigenvalue weighted by Crippen LogP contribution is 2.03. The molecule has 2 heterocycles. The van der Waals surface area contributed by atoms with Gasteiger partial charge in [0.15, 0.2) is 0 Å². The molecule has 0 saturated carbocycles. The number of nitrogens with one attached hydrogen (secondary N) is 2. The Morgan fingerprint density at radius 3 is 3.07 bits per heavy atom. The Kier molecular flexibility index (Phi) is 3.08. The van der Waals surface area contributed by atoms with Crippen LogP contribution in [0, 0.1) is 0 Å². The summed E-state index contributed by atoms with van der Waals surface area (Å²) < 4.78 is 0. The molecule has 80 valence electrons. The first kappa shape index (κ1) is 10.3. The molecule has 5 nitrogen and oxygen atoms in total. The molecule has 1 aliphatic rings. The van der Waals surface area contributed by atoms with Gasteiger partial charge in [0, 0.05) is 18.3 Å². The zero-order valence-electron chi connectivity index (χ0n) is 8.03. The third-order valence-electron chi connectivity index (χ3n) is 2.22. The van der Waals surface area contributed by atoms with Gasteiger partial charge in [0.2, 0.25) is 11.8 Å². The van der Waals surface area contributed by atoms with Gasteiger partial charge in [0.05, 0.1) is 23.7 Å². The fourth-order valence-corrected chi connectivity index (χ4v) is 2.05. The van der Waals surface area contributed by atoms with Gasteiger partial charge in [-0.2, -0.15) is 0 Å². The van der Waals surface area contributed by atoms with Gasteiger partial charge in [-0.1, -0.05) is 0 Å². The Labute approximate surface area is 90.9 Å². The summed E-state index contributed by atoms with van der Waals surface area (Å²) >= 11 is 1.55. The minimum atomic E-state index is -0.365. The van der Waals surface area contributed by atoms with Crippen molar-refractivity contribution in [1.29, 1.82) is 0 Å². The molecule has 0 spiro atoms. The summed E-state index contributed by atoms with van der Waals surface area (Å²) in [4.78, 5) is 26.2. The summed E-state index contributed by atoms with van der Waals surface area (Å²) in [7, 11) is 0. The highest BCUT2D eigenvalue weighted by atomic mass is 32.1. The van der Waals surface area contributed by atoms with Gasteiger partial charge in [-0.3, -0.25) is 14.9 Å². The molecular weight excluding hydrogens is 214 g/mol. The molecule has 1 aliphatic heterocycles. The number of aromatic nitrogens is 1. The third kappa shape index (κ3) is 2.60. The Hall–Kier alpha value is -1.27. The fourth-order valence-electron chi connectivity index (χ4n) is 1.45. The van der Waals surface area contributed by atoms with Crippen LogP contribution in [0.1, 0.15) is 12.1 Å². The van der Waals surface area contributed by atoms with E-state index in [0.29, 0.717) is 6.54 Å². The first-order valence-electron chi connectivity index (χ1n) is 4.70. The molecule has 1 aromatic rings.